The van der Waals surface area contributed by atoms with Crippen LogP contribution in [0.4, 0.5) is 0 Å². The van der Waals surface area contributed by atoms with E-state index in [4.69, 9.17) is 14.4 Å². The summed E-state index contributed by atoms with van der Waals surface area (Å²) in [4.78, 5) is 22.9. The summed E-state index contributed by atoms with van der Waals surface area (Å²) in [6.45, 7) is 4.50. The van der Waals surface area contributed by atoms with Crippen LogP contribution in [0, 0.1) is 5.41 Å². The summed E-state index contributed by atoms with van der Waals surface area (Å²) >= 11 is 0. The minimum atomic E-state index is -0.822. The Morgan fingerprint density at radius 1 is 1.27 bits per heavy atom. The number of carboxylic acids is 1. The van der Waals surface area contributed by atoms with E-state index in [0.29, 0.717) is 42.9 Å². The highest BCUT2D eigenvalue weighted by molar-refractivity contribution is 5.99. The highest BCUT2D eigenvalue weighted by Crippen LogP contribution is 2.36. The number of Topliss-reactive ketones (excluding diaryl/α,β-unsaturated/α-hetero) is 1. The number of ketones is 1. The first-order valence-electron chi connectivity index (χ1n) is 8.78. The summed E-state index contributed by atoms with van der Waals surface area (Å²) in [5.74, 6) is 0.593. The zero-order valence-electron chi connectivity index (χ0n) is 15.1. The number of nitrogens with zero attached hydrogens (tertiary/aromatic N) is 1. The van der Waals surface area contributed by atoms with E-state index in [0.717, 1.165) is 17.7 Å². The third-order valence-electron chi connectivity index (χ3n) is 4.49. The summed E-state index contributed by atoms with van der Waals surface area (Å²) in [5.41, 5.74) is 2.34. The van der Waals surface area contributed by atoms with Gasteiger partial charge in [0.15, 0.2) is 11.5 Å². The largest absolute Gasteiger partial charge is 0.494 e. The number of carboxylic acid groups (broad SMARTS) is 1. The Morgan fingerprint density at radius 3 is 2.69 bits per heavy atom. The fourth-order valence-electron chi connectivity index (χ4n) is 3.26. The van der Waals surface area contributed by atoms with Crippen molar-refractivity contribution in [3.05, 3.63) is 46.8 Å². The number of hydrogen-bond donors (Lipinski definition) is 1. The SMILES string of the molecule is CC1(C)CC(=O)c2c(noc2Cc2ccc(OCCCC(=O)O)cc2)C1. The molecule has 0 unspecified atom stereocenters. The Bertz CT molecular complexity index is 804. The first-order chi connectivity index (χ1) is 12.3. The number of carbonyl (C=O) groups excluding carboxylic acids is 1. The monoisotopic (exact) mass is 357 g/mol. The predicted molar refractivity (Wildman–Crippen MR) is 94.5 cm³/mol. The van der Waals surface area contributed by atoms with Crippen molar-refractivity contribution in [3.63, 3.8) is 0 Å². The quantitative estimate of drug-likeness (QED) is 0.761. The number of benzene rings is 1. The van der Waals surface area contributed by atoms with Crippen LogP contribution in [0.1, 0.15) is 60.5 Å². The van der Waals surface area contributed by atoms with E-state index in [1.165, 1.54) is 0 Å². The van der Waals surface area contributed by atoms with Crippen molar-refractivity contribution >= 4 is 11.8 Å². The van der Waals surface area contributed by atoms with Crippen LogP contribution in [0.5, 0.6) is 5.75 Å². The molecule has 26 heavy (non-hydrogen) atoms. The fourth-order valence-corrected chi connectivity index (χ4v) is 3.26. The van der Waals surface area contributed by atoms with Gasteiger partial charge in [0.2, 0.25) is 0 Å². The Balaban J connectivity index is 1.63. The molecule has 0 aliphatic heterocycles. The van der Waals surface area contributed by atoms with Crippen molar-refractivity contribution in [2.24, 2.45) is 5.41 Å². The second kappa shape index (κ2) is 7.32. The standard InChI is InChI=1S/C20H23NO5/c1-20(2)11-15-19(16(22)12-20)17(26-21-15)10-13-5-7-14(8-6-13)25-9-3-4-18(23)24/h5-8H,3-4,9-12H2,1-2H3,(H,23,24). The zero-order chi connectivity index (χ0) is 18.7. The Hall–Kier alpha value is -2.63. The van der Waals surface area contributed by atoms with Crippen LogP contribution < -0.4 is 4.74 Å². The smallest absolute Gasteiger partial charge is 0.303 e. The third-order valence-corrected chi connectivity index (χ3v) is 4.49. The highest BCUT2D eigenvalue weighted by Gasteiger charge is 2.35. The van der Waals surface area contributed by atoms with Crippen molar-refractivity contribution in [1.29, 1.82) is 0 Å². The van der Waals surface area contributed by atoms with Gasteiger partial charge in [-0.05, 0) is 36.0 Å². The normalized spacial score (nSPS) is 15.5. The molecule has 0 radical (unpaired) electrons. The van der Waals surface area contributed by atoms with Crippen molar-refractivity contribution in [3.8, 4) is 5.75 Å². The molecule has 0 saturated heterocycles. The molecule has 1 N–H and O–H groups in total. The number of carbonyl (C=O) groups is 2. The average molecular weight is 357 g/mol. The van der Waals surface area contributed by atoms with E-state index >= 15 is 0 Å². The Morgan fingerprint density at radius 2 is 2.00 bits per heavy atom. The molecular formula is C20H23NO5. The van der Waals surface area contributed by atoms with Crippen LogP contribution in [0.25, 0.3) is 0 Å². The van der Waals surface area contributed by atoms with Crippen molar-refractivity contribution in [2.45, 2.75) is 46.0 Å². The maximum Gasteiger partial charge on any atom is 0.303 e. The minimum absolute atomic E-state index is 0.0716. The van der Waals surface area contributed by atoms with Gasteiger partial charge < -0.3 is 14.4 Å². The molecule has 1 aromatic heterocycles. The van der Waals surface area contributed by atoms with Gasteiger partial charge in [0.25, 0.3) is 0 Å². The van der Waals surface area contributed by atoms with E-state index in [-0.39, 0.29) is 17.6 Å². The van der Waals surface area contributed by atoms with Gasteiger partial charge in [-0.2, -0.15) is 0 Å². The molecule has 6 nitrogen and oxygen atoms in total. The van der Waals surface area contributed by atoms with Crippen molar-refractivity contribution in [1.82, 2.24) is 5.16 Å². The molecule has 0 fully saturated rings. The minimum Gasteiger partial charge on any atom is -0.494 e. The van der Waals surface area contributed by atoms with E-state index < -0.39 is 5.97 Å². The summed E-state index contributed by atoms with van der Waals surface area (Å²) in [6.07, 6.45) is 2.34. The van der Waals surface area contributed by atoms with Gasteiger partial charge in [0.1, 0.15) is 5.75 Å². The van der Waals surface area contributed by atoms with Crippen LogP contribution in [-0.4, -0.2) is 28.6 Å². The number of aromatic nitrogens is 1. The van der Waals surface area contributed by atoms with Crippen LogP contribution in [0.15, 0.2) is 28.8 Å². The number of rotatable bonds is 7. The van der Waals surface area contributed by atoms with Crippen LogP contribution in [0.2, 0.25) is 0 Å². The number of aliphatic carboxylic acids is 1. The highest BCUT2D eigenvalue weighted by atomic mass is 16.5. The lowest BCUT2D eigenvalue weighted by Crippen LogP contribution is -2.27. The summed E-state index contributed by atoms with van der Waals surface area (Å²) in [6, 6.07) is 7.51. The van der Waals surface area contributed by atoms with Gasteiger partial charge in [-0.15, -0.1) is 0 Å². The molecule has 2 aromatic rings. The first kappa shape index (κ1) is 18.2. The molecule has 3 rings (SSSR count). The molecule has 1 aromatic carbocycles. The van der Waals surface area contributed by atoms with Crippen molar-refractivity contribution < 1.29 is 24.0 Å². The summed E-state index contributed by atoms with van der Waals surface area (Å²) in [5, 5.41) is 12.7. The molecule has 0 atom stereocenters. The van der Waals surface area contributed by atoms with Gasteiger partial charge in [-0.3, -0.25) is 9.59 Å². The van der Waals surface area contributed by atoms with E-state index in [9.17, 15) is 9.59 Å². The summed E-state index contributed by atoms with van der Waals surface area (Å²) in [7, 11) is 0. The molecule has 138 valence electrons. The van der Waals surface area contributed by atoms with E-state index in [2.05, 4.69) is 19.0 Å². The van der Waals surface area contributed by atoms with Gasteiger partial charge in [0.05, 0.1) is 17.9 Å². The predicted octanol–water partition coefficient (Wildman–Crippen LogP) is 3.66. The molecule has 0 spiro atoms. The molecule has 1 aliphatic carbocycles. The average Bonchev–Trinajstić information content (AvgIpc) is 2.94. The van der Waals surface area contributed by atoms with Crippen LogP contribution in [-0.2, 0) is 17.6 Å². The maximum absolute atomic E-state index is 12.5. The van der Waals surface area contributed by atoms with Gasteiger partial charge in [0, 0.05) is 19.3 Å². The molecule has 6 heteroatoms. The lowest BCUT2D eigenvalue weighted by Gasteiger charge is -2.26. The maximum atomic E-state index is 12.5. The third kappa shape index (κ3) is 4.31. The first-order valence-corrected chi connectivity index (χ1v) is 8.78. The van der Waals surface area contributed by atoms with Crippen LogP contribution in [0.3, 0.4) is 0 Å². The summed E-state index contributed by atoms with van der Waals surface area (Å²) < 4.78 is 11.0. The zero-order valence-corrected chi connectivity index (χ0v) is 15.1. The van der Waals surface area contributed by atoms with E-state index in [1.54, 1.807) is 0 Å². The molecule has 0 bridgehead atoms. The molecular weight excluding hydrogens is 334 g/mol. The van der Waals surface area contributed by atoms with E-state index in [1.807, 2.05) is 24.3 Å². The Kier molecular flexibility index (Phi) is 5.11. The van der Waals surface area contributed by atoms with Crippen LogP contribution >= 0.6 is 0 Å². The molecule has 1 heterocycles. The molecule has 1 aliphatic rings. The lowest BCUT2D eigenvalue weighted by atomic mass is 9.75. The second-order valence-corrected chi connectivity index (χ2v) is 7.53. The molecule has 0 saturated carbocycles. The fraction of sp³-hybridized carbons (Fsp3) is 0.450. The number of fused-ring (bicyclic) bond motifs is 1. The van der Waals surface area contributed by atoms with Gasteiger partial charge >= 0.3 is 5.97 Å². The Labute approximate surface area is 152 Å². The van der Waals surface area contributed by atoms with Gasteiger partial charge in [-0.1, -0.05) is 31.1 Å². The number of hydrogen-bond acceptors (Lipinski definition) is 5. The number of ether oxygens (including phenoxy) is 1. The molecule has 0 amide bonds. The second-order valence-electron chi connectivity index (χ2n) is 7.53. The van der Waals surface area contributed by atoms with Gasteiger partial charge in [-0.25, -0.2) is 0 Å². The topological polar surface area (TPSA) is 89.6 Å². The van der Waals surface area contributed by atoms with Crippen molar-refractivity contribution in [2.75, 3.05) is 6.61 Å². The lowest BCUT2D eigenvalue weighted by molar-refractivity contribution is -0.137.